The molecule has 0 aliphatic carbocycles. The molecule has 0 bridgehead atoms. The van der Waals surface area contributed by atoms with Crippen molar-refractivity contribution in [2.75, 3.05) is 33.4 Å². The van der Waals surface area contributed by atoms with Crippen molar-refractivity contribution in [2.45, 2.75) is 12.6 Å². The quantitative estimate of drug-likeness (QED) is 0.580. The lowest BCUT2D eigenvalue weighted by molar-refractivity contribution is -0.384. The molecule has 28 heavy (non-hydrogen) atoms. The summed E-state index contributed by atoms with van der Waals surface area (Å²) in [6.45, 7) is 3.26. The first-order chi connectivity index (χ1) is 13.6. The van der Waals surface area contributed by atoms with Crippen molar-refractivity contribution in [3.63, 3.8) is 0 Å². The third kappa shape index (κ3) is 5.05. The van der Waals surface area contributed by atoms with E-state index in [2.05, 4.69) is 22.3 Å². The smallest absolute Gasteiger partial charge is 0.270 e. The second-order valence-electron chi connectivity index (χ2n) is 6.57. The van der Waals surface area contributed by atoms with E-state index in [0.717, 1.165) is 13.1 Å². The number of rotatable bonds is 7. The molecule has 3 rings (SSSR count). The summed E-state index contributed by atoms with van der Waals surface area (Å²) in [5.74, 6) is -0.136. The summed E-state index contributed by atoms with van der Waals surface area (Å²) in [6, 6.07) is 14.1. The second kappa shape index (κ2) is 9.29. The zero-order chi connectivity index (χ0) is 19.9. The van der Waals surface area contributed by atoms with E-state index in [0.29, 0.717) is 25.4 Å². The van der Waals surface area contributed by atoms with E-state index in [4.69, 9.17) is 9.47 Å². The zero-order valence-corrected chi connectivity index (χ0v) is 15.7. The van der Waals surface area contributed by atoms with Gasteiger partial charge < -0.3 is 14.8 Å². The fraction of sp³-hybridized carbons (Fsp3) is 0.350. The Labute approximate surface area is 163 Å². The summed E-state index contributed by atoms with van der Waals surface area (Å²) in [7, 11) is 1.42. The van der Waals surface area contributed by atoms with Gasteiger partial charge in [-0.25, -0.2) is 0 Å². The number of nitro groups is 1. The van der Waals surface area contributed by atoms with Crippen LogP contribution in [0.5, 0.6) is 5.75 Å². The number of ether oxygens (including phenoxy) is 2. The van der Waals surface area contributed by atoms with Crippen molar-refractivity contribution in [3.05, 3.63) is 69.8 Å². The Morgan fingerprint density at radius 3 is 2.82 bits per heavy atom. The highest BCUT2D eigenvalue weighted by Gasteiger charge is 2.23. The summed E-state index contributed by atoms with van der Waals surface area (Å²) < 4.78 is 10.9. The van der Waals surface area contributed by atoms with Gasteiger partial charge in [-0.05, 0) is 11.6 Å². The van der Waals surface area contributed by atoms with E-state index in [1.54, 1.807) is 0 Å². The molecule has 1 fully saturated rings. The van der Waals surface area contributed by atoms with Gasteiger partial charge in [-0.3, -0.25) is 19.8 Å². The first-order valence-electron chi connectivity index (χ1n) is 9.05. The van der Waals surface area contributed by atoms with Crippen molar-refractivity contribution in [1.29, 1.82) is 0 Å². The van der Waals surface area contributed by atoms with Crippen LogP contribution in [0.2, 0.25) is 0 Å². The average molecular weight is 385 g/mol. The highest BCUT2D eigenvalue weighted by molar-refractivity contribution is 5.97. The van der Waals surface area contributed by atoms with Crippen LogP contribution < -0.4 is 10.1 Å². The minimum absolute atomic E-state index is 0.133. The fourth-order valence-corrected chi connectivity index (χ4v) is 3.18. The molecular weight excluding hydrogens is 362 g/mol. The highest BCUT2D eigenvalue weighted by Crippen LogP contribution is 2.24. The van der Waals surface area contributed by atoms with Crippen molar-refractivity contribution in [1.82, 2.24) is 10.2 Å². The summed E-state index contributed by atoms with van der Waals surface area (Å²) in [4.78, 5) is 25.2. The molecule has 1 unspecified atom stereocenters. The van der Waals surface area contributed by atoms with Gasteiger partial charge in [0.2, 0.25) is 0 Å². The molecule has 2 aromatic rings. The zero-order valence-electron chi connectivity index (χ0n) is 15.7. The Morgan fingerprint density at radius 2 is 2.11 bits per heavy atom. The van der Waals surface area contributed by atoms with Gasteiger partial charge in [0.25, 0.3) is 11.6 Å². The van der Waals surface area contributed by atoms with Gasteiger partial charge in [-0.2, -0.15) is 0 Å². The Morgan fingerprint density at radius 1 is 1.32 bits per heavy atom. The molecule has 1 aliphatic rings. The van der Waals surface area contributed by atoms with Gasteiger partial charge in [-0.1, -0.05) is 30.3 Å². The van der Waals surface area contributed by atoms with Crippen LogP contribution in [0.3, 0.4) is 0 Å². The topological polar surface area (TPSA) is 93.9 Å². The molecular formula is C20H23N3O5. The second-order valence-corrected chi connectivity index (χ2v) is 6.57. The van der Waals surface area contributed by atoms with Crippen LogP contribution in [0.15, 0.2) is 48.5 Å². The summed E-state index contributed by atoms with van der Waals surface area (Å²) >= 11 is 0. The first-order valence-corrected chi connectivity index (χ1v) is 9.05. The maximum atomic E-state index is 12.5. The molecule has 148 valence electrons. The molecule has 0 radical (unpaired) electrons. The van der Waals surface area contributed by atoms with E-state index in [1.165, 1.54) is 30.9 Å². The minimum atomic E-state index is -0.540. The van der Waals surface area contributed by atoms with E-state index in [1.807, 2.05) is 18.2 Å². The SMILES string of the molecule is COc1ccc([N+](=O)[O-])cc1C(=O)NCC1CN(Cc2ccccc2)CCO1. The number of nitro benzene ring substituents is 1. The van der Waals surface area contributed by atoms with Crippen molar-refractivity contribution in [3.8, 4) is 5.75 Å². The Hall–Kier alpha value is -2.97. The molecule has 0 spiro atoms. The number of amides is 1. The lowest BCUT2D eigenvalue weighted by Crippen LogP contribution is -2.47. The van der Waals surface area contributed by atoms with Crippen LogP contribution in [0.4, 0.5) is 5.69 Å². The van der Waals surface area contributed by atoms with Gasteiger partial charge in [0.1, 0.15) is 5.75 Å². The molecule has 0 saturated carbocycles. The molecule has 1 aliphatic heterocycles. The maximum Gasteiger partial charge on any atom is 0.270 e. The summed E-state index contributed by atoms with van der Waals surface area (Å²) in [5.41, 5.74) is 1.20. The number of benzene rings is 2. The molecule has 0 aromatic heterocycles. The normalized spacial score (nSPS) is 17.1. The lowest BCUT2D eigenvalue weighted by atomic mass is 10.1. The third-order valence-corrected chi connectivity index (χ3v) is 4.60. The molecule has 8 heteroatoms. The van der Waals surface area contributed by atoms with Crippen LogP contribution >= 0.6 is 0 Å². The molecule has 1 atom stereocenters. The van der Waals surface area contributed by atoms with E-state index in [9.17, 15) is 14.9 Å². The van der Waals surface area contributed by atoms with E-state index < -0.39 is 10.8 Å². The third-order valence-electron chi connectivity index (χ3n) is 4.60. The predicted molar refractivity (Wildman–Crippen MR) is 103 cm³/mol. The number of methoxy groups -OCH3 is 1. The van der Waals surface area contributed by atoms with Crippen LogP contribution in [-0.2, 0) is 11.3 Å². The Kier molecular flexibility index (Phi) is 6.57. The van der Waals surface area contributed by atoms with Crippen LogP contribution in [0.1, 0.15) is 15.9 Å². The number of nitrogens with zero attached hydrogens (tertiary/aromatic N) is 2. The molecule has 1 N–H and O–H groups in total. The van der Waals surface area contributed by atoms with Crippen molar-refractivity contribution in [2.24, 2.45) is 0 Å². The monoisotopic (exact) mass is 385 g/mol. The minimum Gasteiger partial charge on any atom is -0.496 e. The first kappa shape index (κ1) is 19.8. The van der Waals surface area contributed by atoms with Gasteiger partial charge in [0, 0.05) is 38.3 Å². The summed E-state index contributed by atoms with van der Waals surface area (Å²) in [5, 5.41) is 13.8. The van der Waals surface area contributed by atoms with Crippen molar-refractivity contribution >= 4 is 11.6 Å². The fourth-order valence-electron chi connectivity index (χ4n) is 3.18. The molecule has 2 aromatic carbocycles. The summed E-state index contributed by atoms with van der Waals surface area (Å²) in [6.07, 6.45) is -0.147. The van der Waals surface area contributed by atoms with Gasteiger partial charge in [0.05, 0.1) is 30.3 Å². The maximum absolute atomic E-state index is 12.5. The van der Waals surface area contributed by atoms with E-state index >= 15 is 0 Å². The number of non-ortho nitro benzene ring substituents is 1. The standard InChI is InChI=1S/C20H23N3O5/c1-27-19-8-7-16(23(25)26)11-18(19)20(24)21-12-17-14-22(9-10-28-17)13-15-5-3-2-4-6-15/h2-8,11,17H,9-10,12-14H2,1H3,(H,21,24). The molecule has 1 saturated heterocycles. The van der Waals surface area contributed by atoms with Crippen molar-refractivity contribution < 1.29 is 19.2 Å². The Bertz CT molecular complexity index is 828. The lowest BCUT2D eigenvalue weighted by Gasteiger charge is -2.33. The predicted octanol–water partition coefficient (Wildman–Crippen LogP) is 2.23. The average Bonchev–Trinajstić information content (AvgIpc) is 2.72. The number of hydrogen-bond acceptors (Lipinski definition) is 6. The van der Waals surface area contributed by atoms with E-state index in [-0.39, 0.29) is 17.4 Å². The molecule has 1 heterocycles. The van der Waals surface area contributed by atoms with Gasteiger partial charge in [-0.15, -0.1) is 0 Å². The number of carbonyl (C=O) groups excluding carboxylic acids is 1. The van der Waals surface area contributed by atoms with Crippen LogP contribution in [0.25, 0.3) is 0 Å². The largest absolute Gasteiger partial charge is 0.496 e. The number of carbonyl (C=O) groups is 1. The van der Waals surface area contributed by atoms with Crippen LogP contribution in [-0.4, -0.2) is 55.2 Å². The highest BCUT2D eigenvalue weighted by atomic mass is 16.6. The number of morpholine rings is 1. The van der Waals surface area contributed by atoms with Crippen LogP contribution in [0, 0.1) is 10.1 Å². The molecule has 1 amide bonds. The number of hydrogen-bond donors (Lipinski definition) is 1. The Balaban J connectivity index is 1.58. The number of nitrogens with one attached hydrogen (secondary N) is 1. The van der Waals surface area contributed by atoms with Gasteiger partial charge in [0.15, 0.2) is 0 Å². The van der Waals surface area contributed by atoms with Gasteiger partial charge >= 0.3 is 0 Å². The molecule has 8 nitrogen and oxygen atoms in total.